The first-order chi connectivity index (χ1) is 7.36. The molecule has 1 aliphatic rings. The van der Waals surface area contributed by atoms with Crippen molar-refractivity contribution in [2.45, 2.75) is 90.1 Å². The van der Waals surface area contributed by atoms with Gasteiger partial charge in [0.25, 0.3) is 0 Å². The van der Waals surface area contributed by atoms with Crippen LogP contribution in [0.25, 0.3) is 0 Å². The van der Waals surface area contributed by atoms with E-state index in [2.05, 4.69) is 19.2 Å². The normalized spacial score (nSPS) is 24.4. The summed E-state index contributed by atoms with van der Waals surface area (Å²) in [5.41, 5.74) is 0. The number of nitrogens with one attached hydrogen (secondary N) is 1. The van der Waals surface area contributed by atoms with Crippen molar-refractivity contribution in [2.75, 3.05) is 0 Å². The predicted octanol–water partition coefficient (Wildman–Crippen LogP) is 4.69. The van der Waals surface area contributed by atoms with Crippen LogP contribution in [0.2, 0.25) is 0 Å². The van der Waals surface area contributed by atoms with Crippen LogP contribution in [0.4, 0.5) is 0 Å². The maximum atomic E-state index is 3.81. The fraction of sp³-hybridized carbons (Fsp3) is 1.00. The molecule has 1 heterocycles. The predicted molar refractivity (Wildman–Crippen MR) is 75.5 cm³/mol. The Morgan fingerprint density at radius 1 is 0.812 bits per heavy atom. The lowest BCUT2D eigenvalue weighted by Crippen LogP contribution is -2.29. The quantitative estimate of drug-likeness (QED) is 0.614. The van der Waals surface area contributed by atoms with Crippen LogP contribution in [0.1, 0.15) is 78.1 Å². The summed E-state index contributed by atoms with van der Waals surface area (Å²) in [7, 11) is 0. The van der Waals surface area contributed by atoms with E-state index in [1.807, 2.05) is 0 Å². The lowest BCUT2D eigenvalue weighted by atomic mass is 10.1. The maximum Gasteiger partial charge on any atom is 0.00702 e. The van der Waals surface area contributed by atoms with Gasteiger partial charge in [0.2, 0.25) is 0 Å². The van der Waals surface area contributed by atoms with Crippen molar-refractivity contribution in [3.05, 3.63) is 0 Å². The zero-order chi connectivity index (χ0) is 10.9. The summed E-state index contributed by atoms with van der Waals surface area (Å²) in [6, 6.07) is 1.70. The minimum Gasteiger partial charge on any atom is -0.311 e. The largest absolute Gasteiger partial charge is 0.311 e. The summed E-state index contributed by atoms with van der Waals surface area (Å²) in [5.74, 6) is 0. The molecule has 2 atom stereocenters. The van der Waals surface area contributed by atoms with E-state index in [1.54, 1.807) is 0 Å². The highest BCUT2D eigenvalue weighted by atomic mass is 35.5. The van der Waals surface area contributed by atoms with E-state index in [-0.39, 0.29) is 12.4 Å². The molecule has 0 aromatic carbocycles. The van der Waals surface area contributed by atoms with Gasteiger partial charge in [0, 0.05) is 12.1 Å². The highest BCUT2D eigenvalue weighted by molar-refractivity contribution is 5.85. The van der Waals surface area contributed by atoms with Crippen LogP contribution in [0.5, 0.6) is 0 Å². The van der Waals surface area contributed by atoms with E-state index in [0.29, 0.717) is 0 Å². The van der Waals surface area contributed by atoms with E-state index >= 15 is 0 Å². The highest BCUT2D eigenvalue weighted by Crippen LogP contribution is 2.21. The minimum atomic E-state index is 0. The second-order valence-electron chi connectivity index (χ2n) is 5.13. The first kappa shape index (κ1) is 16.2. The zero-order valence-electron chi connectivity index (χ0n) is 11.1. The molecule has 1 fully saturated rings. The van der Waals surface area contributed by atoms with Crippen molar-refractivity contribution >= 4 is 12.4 Å². The second-order valence-corrected chi connectivity index (χ2v) is 5.13. The Balaban J connectivity index is 0.00000225. The van der Waals surface area contributed by atoms with Crippen LogP contribution >= 0.6 is 12.4 Å². The van der Waals surface area contributed by atoms with Gasteiger partial charge in [0.05, 0.1) is 0 Å². The van der Waals surface area contributed by atoms with Gasteiger partial charge in [-0.05, 0) is 25.7 Å². The third-order valence-electron chi connectivity index (χ3n) is 3.65. The molecule has 2 heteroatoms. The Hall–Kier alpha value is 0.250. The van der Waals surface area contributed by atoms with E-state index in [1.165, 1.54) is 64.2 Å². The molecule has 1 nitrogen and oxygen atoms in total. The molecule has 0 aromatic rings. The first-order valence-electron chi connectivity index (χ1n) is 7.12. The van der Waals surface area contributed by atoms with Gasteiger partial charge in [-0.15, -0.1) is 12.4 Å². The van der Waals surface area contributed by atoms with Gasteiger partial charge in [-0.3, -0.25) is 0 Å². The van der Waals surface area contributed by atoms with Crippen molar-refractivity contribution in [1.82, 2.24) is 5.32 Å². The molecule has 1 N–H and O–H groups in total. The molecule has 1 rings (SSSR count). The lowest BCUT2D eigenvalue weighted by Gasteiger charge is -2.13. The molecule has 0 radical (unpaired) electrons. The number of unbranched alkanes of at least 4 members (excludes halogenated alkanes) is 4. The molecule has 0 amide bonds. The average molecular weight is 248 g/mol. The van der Waals surface area contributed by atoms with Crippen molar-refractivity contribution in [3.63, 3.8) is 0 Å². The Kier molecular flexibility index (Phi) is 10.6. The summed E-state index contributed by atoms with van der Waals surface area (Å²) in [6.45, 7) is 4.57. The second kappa shape index (κ2) is 10.4. The molecule has 16 heavy (non-hydrogen) atoms. The van der Waals surface area contributed by atoms with E-state index in [9.17, 15) is 0 Å². The Bertz CT molecular complexity index is 134. The van der Waals surface area contributed by atoms with E-state index in [0.717, 1.165) is 12.1 Å². The third kappa shape index (κ3) is 6.75. The summed E-state index contributed by atoms with van der Waals surface area (Å²) in [6.07, 6.45) is 14.1. The van der Waals surface area contributed by atoms with Gasteiger partial charge in [0.15, 0.2) is 0 Å². The van der Waals surface area contributed by atoms with Gasteiger partial charge in [-0.1, -0.05) is 52.4 Å². The standard InChI is InChI=1S/C14H29N.ClH/c1-3-5-7-9-13-11-12-14(15-13)10-8-6-4-2;/h13-15H,3-12H2,1-2H3;1H/t13-,14+;. The summed E-state index contributed by atoms with van der Waals surface area (Å²) in [5, 5.41) is 3.81. The van der Waals surface area contributed by atoms with Crippen LogP contribution in [-0.2, 0) is 0 Å². The van der Waals surface area contributed by atoms with Crippen LogP contribution in [0, 0.1) is 0 Å². The molecule has 0 bridgehead atoms. The van der Waals surface area contributed by atoms with E-state index < -0.39 is 0 Å². The van der Waals surface area contributed by atoms with Crippen LogP contribution in [0.15, 0.2) is 0 Å². The van der Waals surface area contributed by atoms with Crippen molar-refractivity contribution in [1.29, 1.82) is 0 Å². The maximum absolute atomic E-state index is 3.81. The third-order valence-corrected chi connectivity index (χ3v) is 3.65. The smallest absolute Gasteiger partial charge is 0.00702 e. The number of hydrogen-bond acceptors (Lipinski definition) is 1. The molecule has 0 aromatic heterocycles. The van der Waals surface area contributed by atoms with Crippen LogP contribution in [0.3, 0.4) is 0 Å². The topological polar surface area (TPSA) is 12.0 Å². The molecular weight excluding hydrogens is 218 g/mol. The van der Waals surface area contributed by atoms with Gasteiger partial charge in [-0.25, -0.2) is 0 Å². The van der Waals surface area contributed by atoms with Gasteiger partial charge in [0.1, 0.15) is 0 Å². The molecular formula is C14H30ClN. The number of hydrogen-bond donors (Lipinski definition) is 1. The number of halogens is 1. The molecule has 0 spiro atoms. The molecule has 1 saturated heterocycles. The minimum absolute atomic E-state index is 0. The van der Waals surface area contributed by atoms with Crippen LogP contribution < -0.4 is 5.32 Å². The van der Waals surface area contributed by atoms with Crippen LogP contribution in [-0.4, -0.2) is 12.1 Å². The highest BCUT2D eigenvalue weighted by Gasteiger charge is 2.22. The van der Waals surface area contributed by atoms with Crippen molar-refractivity contribution in [2.24, 2.45) is 0 Å². The first-order valence-corrected chi connectivity index (χ1v) is 7.12. The fourth-order valence-electron chi connectivity index (χ4n) is 2.64. The lowest BCUT2D eigenvalue weighted by molar-refractivity contribution is 0.461. The summed E-state index contributed by atoms with van der Waals surface area (Å²) >= 11 is 0. The van der Waals surface area contributed by atoms with Gasteiger partial charge in [-0.2, -0.15) is 0 Å². The summed E-state index contributed by atoms with van der Waals surface area (Å²) < 4.78 is 0. The summed E-state index contributed by atoms with van der Waals surface area (Å²) in [4.78, 5) is 0. The van der Waals surface area contributed by atoms with Gasteiger partial charge < -0.3 is 5.32 Å². The molecule has 0 aliphatic carbocycles. The molecule has 0 saturated carbocycles. The average Bonchev–Trinajstić information content (AvgIpc) is 2.67. The van der Waals surface area contributed by atoms with E-state index in [4.69, 9.17) is 0 Å². The fourth-order valence-corrected chi connectivity index (χ4v) is 2.64. The zero-order valence-corrected chi connectivity index (χ0v) is 12.0. The number of rotatable bonds is 8. The molecule has 0 unspecified atom stereocenters. The Morgan fingerprint density at radius 2 is 1.25 bits per heavy atom. The molecule has 1 aliphatic heterocycles. The van der Waals surface area contributed by atoms with Gasteiger partial charge >= 0.3 is 0 Å². The Labute approximate surface area is 108 Å². The van der Waals surface area contributed by atoms with Crippen molar-refractivity contribution in [3.8, 4) is 0 Å². The molecule has 98 valence electrons. The van der Waals surface area contributed by atoms with Crippen molar-refractivity contribution < 1.29 is 0 Å². The SMILES string of the molecule is CCCCC[C@@H]1CC[C@H](CCCCC)N1.Cl. The Morgan fingerprint density at radius 3 is 1.62 bits per heavy atom. The monoisotopic (exact) mass is 247 g/mol.